The van der Waals surface area contributed by atoms with Crippen molar-refractivity contribution in [3.05, 3.63) is 95.4 Å². The smallest absolute Gasteiger partial charge is 0.273 e. The molecule has 0 radical (unpaired) electrons. The summed E-state index contributed by atoms with van der Waals surface area (Å²) in [7, 11) is 0. The molecule has 1 amide bonds. The molecule has 32 heavy (non-hydrogen) atoms. The van der Waals surface area contributed by atoms with E-state index in [-0.39, 0.29) is 30.0 Å². The van der Waals surface area contributed by atoms with Gasteiger partial charge in [-0.25, -0.2) is 9.07 Å². The van der Waals surface area contributed by atoms with E-state index in [0.29, 0.717) is 12.2 Å². The first kappa shape index (κ1) is 21.3. The Labute approximate surface area is 184 Å². The summed E-state index contributed by atoms with van der Waals surface area (Å²) >= 11 is 0. The highest BCUT2D eigenvalue weighted by Crippen LogP contribution is 2.18. The van der Waals surface area contributed by atoms with Crippen LogP contribution in [0.1, 0.15) is 34.6 Å². The van der Waals surface area contributed by atoms with E-state index in [9.17, 15) is 9.18 Å². The molecular weight excluding hydrogens is 411 g/mol. The molecule has 1 N–H and O–H groups in total. The van der Waals surface area contributed by atoms with Crippen molar-refractivity contribution >= 4 is 5.91 Å². The van der Waals surface area contributed by atoms with Crippen LogP contribution in [0.3, 0.4) is 0 Å². The average molecular weight is 434 g/mol. The monoisotopic (exact) mass is 434 g/mol. The molecule has 2 aromatic carbocycles. The molecule has 1 atom stereocenters. The maximum Gasteiger partial charge on any atom is 0.273 e. The fourth-order valence-corrected chi connectivity index (χ4v) is 3.35. The lowest BCUT2D eigenvalue weighted by Gasteiger charge is -2.14. The number of rotatable bonds is 8. The van der Waals surface area contributed by atoms with E-state index < -0.39 is 5.82 Å². The largest absolute Gasteiger partial charge is 0.482 e. The number of amides is 1. The van der Waals surface area contributed by atoms with Gasteiger partial charge in [-0.1, -0.05) is 35.5 Å². The quantitative estimate of drug-likeness (QED) is 0.448. The van der Waals surface area contributed by atoms with Crippen LogP contribution >= 0.6 is 0 Å². The SMILES string of the molecule is Cc1cc(CC(C)NC(=O)c2cc(COc3ccccc3F)on2)n(-c2ccccc2)n1. The number of para-hydroxylation sites is 2. The summed E-state index contributed by atoms with van der Waals surface area (Å²) in [6, 6.07) is 19.2. The summed E-state index contributed by atoms with van der Waals surface area (Å²) in [6.07, 6.45) is 0.586. The van der Waals surface area contributed by atoms with E-state index >= 15 is 0 Å². The van der Waals surface area contributed by atoms with Crippen molar-refractivity contribution in [2.75, 3.05) is 0 Å². The third kappa shape index (κ3) is 5.03. The zero-order valence-electron chi connectivity index (χ0n) is 17.8. The van der Waals surface area contributed by atoms with Crippen molar-refractivity contribution in [3.63, 3.8) is 0 Å². The molecule has 164 valence electrons. The number of carbonyl (C=O) groups excluding carboxylic acids is 1. The van der Waals surface area contributed by atoms with Crippen LogP contribution in [-0.2, 0) is 13.0 Å². The normalized spacial score (nSPS) is 11.8. The van der Waals surface area contributed by atoms with Gasteiger partial charge < -0.3 is 14.6 Å². The number of halogens is 1. The lowest BCUT2D eigenvalue weighted by molar-refractivity contribution is 0.0930. The molecule has 0 aliphatic carbocycles. The van der Waals surface area contributed by atoms with Gasteiger partial charge in [0.25, 0.3) is 5.91 Å². The summed E-state index contributed by atoms with van der Waals surface area (Å²) < 4.78 is 26.1. The van der Waals surface area contributed by atoms with Crippen LogP contribution < -0.4 is 10.1 Å². The summed E-state index contributed by atoms with van der Waals surface area (Å²) in [5, 5.41) is 11.3. The Morgan fingerprint density at radius 3 is 2.69 bits per heavy atom. The molecule has 0 aliphatic heterocycles. The first-order valence-corrected chi connectivity index (χ1v) is 10.2. The molecule has 0 fully saturated rings. The molecule has 0 saturated heterocycles. The van der Waals surface area contributed by atoms with Crippen LogP contribution in [0.25, 0.3) is 5.69 Å². The number of nitrogens with one attached hydrogen (secondary N) is 1. The second kappa shape index (κ2) is 9.47. The standard InChI is InChI=1S/C24H23FN4O3/c1-16(12-19-13-17(2)27-29(19)18-8-4-3-5-9-18)26-24(30)22-14-20(32-28-22)15-31-23-11-7-6-10-21(23)25/h3-11,13-14,16H,12,15H2,1-2H3,(H,26,30). The fourth-order valence-electron chi connectivity index (χ4n) is 3.35. The van der Waals surface area contributed by atoms with Crippen molar-refractivity contribution in [2.45, 2.75) is 32.9 Å². The molecule has 8 heteroatoms. The molecular formula is C24H23FN4O3. The summed E-state index contributed by atoms with van der Waals surface area (Å²) in [4.78, 5) is 12.6. The summed E-state index contributed by atoms with van der Waals surface area (Å²) in [5.74, 6) is -0.401. The van der Waals surface area contributed by atoms with Crippen molar-refractivity contribution in [1.82, 2.24) is 20.3 Å². The first-order chi connectivity index (χ1) is 15.5. The lowest BCUT2D eigenvalue weighted by atomic mass is 10.1. The minimum atomic E-state index is -0.469. The molecule has 0 bridgehead atoms. The van der Waals surface area contributed by atoms with E-state index in [1.165, 1.54) is 18.2 Å². The van der Waals surface area contributed by atoms with Crippen LogP contribution in [0.2, 0.25) is 0 Å². The maximum absolute atomic E-state index is 13.6. The maximum atomic E-state index is 13.6. The van der Waals surface area contributed by atoms with Gasteiger partial charge in [0, 0.05) is 24.2 Å². The van der Waals surface area contributed by atoms with Gasteiger partial charge >= 0.3 is 0 Å². The Kier molecular flexibility index (Phi) is 6.30. The molecule has 1 unspecified atom stereocenters. The van der Waals surface area contributed by atoms with Gasteiger partial charge in [0.2, 0.25) is 0 Å². The molecule has 0 saturated carbocycles. The molecule has 2 heterocycles. The van der Waals surface area contributed by atoms with Crippen LogP contribution in [-0.4, -0.2) is 26.9 Å². The van der Waals surface area contributed by atoms with E-state index in [2.05, 4.69) is 15.6 Å². The Hall–Kier alpha value is -3.94. The number of hydrogen-bond donors (Lipinski definition) is 1. The van der Waals surface area contributed by atoms with Crippen LogP contribution in [0.5, 0.6) is 5.75 Å². The number of benzene rings is 2. The zero-order chi connectivity index (χ0) is 22.5. The van der Waals surface area contributed by atoms with E-state index in [0.717, 1.165) is 17.1 Å². The first-order valence-electron chi connectivity index (χ1n) is 10.2. The average Bonchev–Trinajstić information content (AvgIpc) is 3.40. The van der Waals surface area contributed by atoms with Gasteiger partial charge in [-0.05, 0) is 44.2 Å². The molecule has 4 rings (SSSR count). The highest BCUT2D eigenvalue weighted by molar-refractivity contribution is 5.92. The molecule has 7 nitrogen and oxygen atoms in total. The molecule has 0 aliphatic rings. The predicted molar refractivity (Wildman–Crippen MR) is 116 cm³/mol. The Bertz CT molecular complexity index is 1200. The topological polar surface area (TPSA) is 82.2 Å². The third-order valence-corrected chi connectivity index (χ3v) is 4.80. The molecule has 0 spiro atoms. The van der Waals surface area contributed by atoms with Gasteiger partial charge in [0.05, 0.1) is 11.4 Å². The number of nitrogens with zero attached hydrogens (tertiary/aromatic N) is 3. The van der Waals surface area contributed by atoms with Gasteiger partial charge in [-0.15, -0.1) is 0 Å². The number of carbonyl (C=O) groups is 1. The van der Waals surface area contributed by atoms with E-state index in [1.807, 2.05) is 54.9 Å². The number of ether oxygens (including phenoxy) is 1. The molecule has 4 aromatic rings. The van der Waals surface area contributed by atoms with Gasteiger partial charge in [-0.2, -0.15) is 5.10 Å². The van der Waals surface area contributed by atoms with Gasteiger partial charge in [0.1, 0.15) is 6.61 Å². The minimum absolute atomic E-state index is 0.0354. The van der Waals surface area contributed by atoms with Gasteiger partial charge in [-0.3, -0.25) is 4.79 Å². The Morgan fingerprint density at radius 1 is 1.16 bits per heavy atom. The Balaban J connectivity index is 1.36. The van der Waals surface area contributed by atoms with Crippen LogP contribution in [0.15, 0.2) is 71.3 Å². The number of aromatic nitrogens is 3. The Morgan fingerprint density at radius 2 is 1.91 bits per heavy atom. The second-order valence-electron chi connectivity index (χ2n) is 7.50. The summed E-state index contributed by atoms with van der Waals surface area (Å²) in [5.41, 5.74) is 2.99. The van der Waals surface area contributed by atoms with Crippen molar-refractivity contribution in [2.24, 2.45) is 0 Å². The highest BCUT2D eigenvalue weighted by atomic mass is 19.1. The molecule has 2 aromatic heterocycles. The number of hydrogen-bond acceptors (Lipinski definition) is 5. The fraction of sp³-hybridized carbons (Fsp3) is 0.208. The predicted octanol–water partition coefficient (Wildman–Crippen LogP) is 4.25. The van der Waals surface area contributed by atoms with Gasteiger partial charge in [0.15, 0.2) is 23.0 Å². The second-order valence-corrected chi connectivity index (χ2v) is 7.50. The van der Waals surface area contributed by atoms with Crippen molar-refractivity contribution < 1.29 is 18.4 Å². The van der Waals surface area contributed by atoms with E-state index in [1.54, 1.807) is 12.1 Å². The zero-order valence-corrected chi connectivity index (χ0v) is 17.8. The minimum Gasteiger partial charge on any atom is -0.482 e. The van der Waals surface area contributed by atoms with E-state index in [4.69, 9.17) is 9.26 Å². The summed E-state index contributed by atoms with van der Waals surface area (Å²) in [6.45, 7) is 3.82. The highest BCUT2D eigenvalue weighted by Gasteiger charge is 2.18. The van der Waals surface area contributed by atoms with Crippen molar-refractivity contribution in [3.8, 4) is 11.4 Å². The van der Waals surface area contributed by atoms with Crippen molar-refractivity contribution in [1.29, 1.82) is 0 Å². The lowest BCUT2D eigenvalue weighted by Crippen LogP contribution is -2.34. The third-order valence-electron chi connectivity index (χ3n) is 4.80. The number of aryl methyl sites for hydroxylation is 1. The van der Waals surface area contributed by atoms with Crippen LogP contribution in [0.4, 0.5) is 4.39 Å². The van der Waals surface area contributed by atoms with Crippen LogP contribution in [0, 0.1) is 12.7 Å².